The van der Waals surface area contributed by atoms with E-state index in [2.05, 4.69) is 14.7 Å². The van der Waals surface area contributed by atoms with Crippen molar-refractivity contribution in [1.29, 1.82) is 0 Å². The molecule has 1 aliphatic rings. The van der Waals surface area contributed by atoms with Gasteiger partial charge in [0.1, 0.15) is 5.75 Å². The van der Waals surface area contributed by atoms with Crippen molar-refractivity contribution >= 4 is 26.8 Å². The van der Waals surface area contributed by atoms with E-state index < -0.39 is 21.3 Å². The first-order valence-electron chi connectivity index (χ1n) is 10.8. The summed E-state index contributed by atoms with van der Waals surface area (Å²) in [5.41, 5.74) is 0.816. The van der Waals surface area contributed by atoms with Crippen LogP contribution in [0.2, 0.25) is 0 Å². The van der Waals surface area contributed by atoms with Gasteiger partial charge in [0, 0.05) is 16.6 Å². The summed E-state index contributed by atoms with van der Waals surface area (Å²) in [7, 11) is -2.63. The Morgan fingerprint density at radius 1 is 1.21 bits per heavy atom. The van der Waals surface area contributed by atoms with E-state index in [-0.39, 0.29) is 10.8 Å². The summed E-state index contributed by atoms with van der Waals surface area (Å²) in [6, 6.07) is 9.97. The molecule has 1 N–H and O–H groups in total. The molecule has 1 saturated carbocycles. The number of ether oxygens (including phenoxy) is 2. The van der Waals surface area contributed by atoms with Gasteiger partial charge in [0.15, 0.2) is 0 Å². The first-order valence-corrected chi connectivity index (χ1v) is 12.3. The maximum atomic E-state index is 13.4. The number of hydrogen-bond acceptors (Lipinski definition) is 7. The normalized spacial score (nSPS) is 14.8. The van der Waals surface area contributed by atoms with Gasteiger partial charge in [-0.3, -0.25) is 9.78 Å². The Bertz CT molecular complexity index is 1320. The monoisotopic (exact) mass is 469 g/mol. The molecule has 33 heavy (non-hydrogen) atoms. The van der Waals surface area contributed by atoms with Gasteiger partial charge in [0.05, 0.1) is 35.7 Å². The van der Waals surface area contributed by atoms with E-state index in [0.717, 1.165) is 5.69 Å². The number of sulfonamides is 1. The third-order valence-electron chi connectivity index (χ3n) is 5.66. The topological polar surface area (TPSA) is 107 Å². The number of nitrogens with zero attached hydrogens (tertiary/aromatic N) is 2. The molecule has 1 amide bonds. The Labute approximate surface area is 193 Å². The van der Waals surface area contributed by atoms with Gasteiger partial charge in [-0.2, -0.15) is 0 Å². The van der Waals surface area contributed by atoms with Crippen LogP contribution in [0.1, 0.15) is 37.9 Å². The molecule has 0 atom stereocenters. The zero-order valence-electron chi connectivity index (χ0n) is 19.1. The SMILES string of the molecule is COc1cnc(OCC(C)C)c(C2(C(=O)NS(=O)(=O)c3cccc4nc(C)ccc34)CC2)c1. The number of hydrogen-bond donors (Lipinski definition) is 1. The molecule has 9 heteroatoms. The van der Waals surface area contributed by atoms with Gasteiger partial charge in [-0.1, -0.05) is 19.9 Å². The summed E-state index contributed by atoms with van der Waals surface area (Å²) >= 11 is 0. The highest BCUT2D eigenvalue weighted by Crippen LogP contribution is 2.52. The van der Waals surface area contributed by atoms with E-state index in [1.54, 1.807) is 30.3 Å². The highest BCUT2D eigenvalue weighted by molar-refractivity contribution is 7.90. The van der Waals surface area contributed by atoms with E-state index in [9.17, 15) is 13.2 Å². The summed E-state index contributed by atoms with van der Waals surface area (Å²) in [5, 5.41) is 0.456. The van der Waals surface area contributed by atoms with Gasteiger partial charge in [0.2, 0.25) is 11.8 Å². The van der Waals surface area contributed by atoms with Gasteiger partial charge in [-0.05, 0) is 56.0 Å². The molecule has 0 saturated heterocycles. The predicted octanol–water partition coefficient (Wildman–Crippen LogP) is 3.52. The Morgan fingerprint density at radius 2 is 1.97 bits per heavy atom. The van der Waals surface area contributed by atoms with Crippen molar-refractivity contribution in [1.82, 2.24) is 14.7 Å². The first-order chi connectivity index (χ1) is 15.7. The fourth-order valence-electron chi connectivity index (χ4n) is 3.73. The van der Waals surface area contributed by atoms with Gasteiger partial charge < -0.3 is 9.47 Å². The molecule has 1 aliphatic carbocycles. The number of aryl methyl sites for hydroxylation is 1. The minimum atomic E-state index is -4.14. The highest BCUT2D eigenvalue weighted by atomic mass is 32.2. The molecular weight excluding hydrogens is 442 g/mol. The van der Waals surface area contributed by atoms with E-state index in [1.165, 1.54) is 19.4 Å². The molecule has 0 unspecified atom stereocenters. The fourth-order valence-corrected chi connectivity index (χ4v) is 5.00. The minimum Gasteiger partial charge on any atom is -0.495 e. The quantitative estimate of drug-likeness (QED) is 0.538. The van der Waals surface area contributed by atoms with Crippen molar-refractivity contribution in [3.05, 3.63) is 53.9 Å². The van der Waals surface area contributed by atoms with Gasteiger partial charge in [-0.15, -0.1) is 0 Å². The molecule has 1 aromatic carbocycles. The van der Waals surface area contributed by atoms with Gasteiger partial charge in [0.25, 0.3) is 10.0 Å². The number of fused-ring (bicyclic) bond motifs is 1. The molecule has 1 fully saturated rings. The van der Waals surface area contributed by atoms with Crippen LogP contribution in [0.3, 0.4) is 0 Å². The van der Waals surface area contributed by atoms with Crippen LogP contribution in [0.5, 0.6) is 11.6 Å². The molecule has 0 spiro atoms. The van der Waals surface area contributed by atoms with E-state index in [4.69, 9.17) is 9.47 Å². The highest BCUT2D eigenvalue weighted by Gasteiger charge is 2.54. The third-order valence-corrected chi connectivity index (χ3v) is 7.05. The first kappa shape index (κ1) is 23.0. The van der Waals surface area contributed by atoms with Crippen LogP contribution in [0, 0.1) is 12.8 Å². The number of benzene rings is 1. The van der Waals surface area contributed by atoms with Gasteiger partial charge >= 0.3 is 0 Å². The molecule has 2 heterocycles. The third kappa shape index (κ3) is 4.50. The van der Waals surface area contributed by atoms with Crippen LogP contribution in [-0.4, -0.2) is 38.0 Å². The maximum absolute atomic E-state index is 13.4. The second-order valence-electron chi connectivity index (χ2n) is 8.72. The predicted molar refractivity (Wildman–Crippen MR) is 124 cm³/mol. The largest absolute Gasteiger partial charge is 0.495 e. The van der Waals surface area contributed by atoms with Crippen LogP contribution in [0.25, 0.3) is 10.9 Å². The summed E-state index contributed by atoms with van der Waals surface area (Å²) in [6.07, 6.45) is 2.49. The Morgan fingerprint density at radius 3 is 2.64 bits per heavy atom. The average molecular weight is 470 g/mol. The van der Waals surface area contributed by atoms with Crippen LogP contribution >= 0.6 is 0 Å². The van der Waals surface area contributed by atoms with Crippen molar-refractivity contribution in [2.24, 2.45) is 5.92 Å². The van der Waals surface area contributed by atoms with Gasteiger partial charge in [-0.25, -0.2) is 18.1 Å². The lowest BCUT2D eigenvalue weighted by Gasteiger charge is -2.20. The van der Waals surface area contributed by atoms with Crippen LogP contribution in [0.15, 0.2) is 47.5 Å². The number of aromatic nitrogens is 2. The van der Waals surface area contributed by atoms with Crippen LogP contribution in [0.4, 0.5) is 0 Å². The molecule has 2 aromatic heterocycles. The Hall–Kier alpha value is -3.20. The smallest absolute Gasteiger partial charge is 0.264 e. The second kappa shape index (κ2) is 8.62. The molecule has 4 rings (SSSR count). The average Bonchev–Trinajstić information content (AvgIpc) is 3.58. The van der Waals surface area contributed by atoms with Crippen molar-refractivity contribution in [2.75, 3.05) is 13.7 Å². The zero-order valence-corrected chi connectivity index (χ0v) is 19.9. The Kier molecular flexibility index (Phi) is 6.00. The van der Waals surface area contributed by atoms with E-state index >= 15 is 0 Å². The number of rotatable bonds is 8. The number of carbonyl (C=O) groups is 1. The second-order valence-corrected chi connectivity index (χ2v) is 10.4. The lowest BCUT2D eigenvalue weighted by atomic mass is 9.96. The summed E-state index contributed by atoms with van der Waals surface area (Å²) in [5.74, 6) is 0.442. The summed E-state index contributed by atoms with van der Waals surface area (Å²) in [4.78, 5) is 22.1. The molecule has 0 bridgehead atoms. The van der Waals surface area contributed by atoms with Crippen molar-refractivity contribution < 1.29 is 22.7 Å². The number of amides is 1. The van der Waals surface area contributed by atoms with E-state index in [0.29, 0.717) is 47.5 Å². The molecule has 3 aromatic rings. The van der Waals surface area contributed by atoms with Crippen molar-refractivity contribution in [3.63, 3.8) is 0 Å². The number of nitrogens with one attached hydrogen (secondary N) is 1. The maximum Gasteiger partial charge on any atom is 0.264 e. The minimum absolute atomic E-state index is 0.0108. The van der Waals surface area contributed by atoms with E-state index in [1.807, 2.05) is 20.8 Å². The standard InChI is InChI=1S/C24H27N3O5S/c1-15(2)14-32-22-19(12-17(31-4)13-25-22)24(10-11-24)23(28)27-33(29,30)21-7-5-6-20-18(21)9-8-16(3)26-20/h5-9,12-13,15H,10-11,14H2,1-4H3,(H,27,28). The lowest BCUT2D eigenvalue weighted by Crippen LogP contribution is -2.39. The molecule has 8 nitrogen and oxygen atoms in total. The number of carbonyl (C=O) groups excluding carboxylic acids is 1. The molecule has 0 aliphatic heterocycles. The number of pyridine rings is 2. The summed E-state index contributed by atoms with van der Waals surface area (Å²) < 4.78 is 39.9. The molecular formula is C24H27N3O5S. The van der Waals surface area contributed by atoms with Crippen molar-refractivity contribution in [2.45, 2.75) is 43.9 Å². The van der Waals surface area contributed by atoms with Crippen LogP contribution in [-0.2, 0) is 20.2 Å². The van der Waals surface area contributed by atoms with Crippen molar-refractivity contribution in [3.8, 4) is 11.6 Å². The molecule has 0 radical (unpaired) electrons. The summed E-state index contributed by atoms with van der Waals surface area (Å²) in [6.45, 7) is 6.27. The fraction of sp³-hybridized carbons (Fsp3) is 0.375. The lowest BCUT2D eigenvalue weighted by molar-refractivity contribution is -0.121. The Balaban J connectivity index is 1.68. The molecule has 174 valence electrons. The zero-order chi connectivity index (χ0) is 23.8. The number of methoxy groups -OCH3 is 1. The van der Waals surface area contributed by atoms with Crippen LogP contribution < -0.4 is 14.2 Å².